The fourth-order valence-corrected chi connectivity index (χ4v) is 1.83. The lowest BCUT2D eigenvalue weighted by molar-refractivity contribution is -0.114. The van der Waals surface area contributed by atoms with E-state index < -0.39 is 0 Å². The monoisotopic (exact) mass is 217 g/mol. The molecule has 3 nitrogen and oxygen atoms in total. The molecular formula is C13H15NO2. The van der Waals surface area contributed by atoms with Crippen LogP contribution in [0.2, 0.25) is 0 Å². The molecule has 0 spiro atoms. The number of allylic oxidation sites excluding steroid dienone is 2. The SMILES string of the molecule is COc1cccc(N(C)C2=CC(=O)CC2)c1. The number of rotatable bonds is 3. The fourth-order valence-electron chi connectivity index (χ4n) is 1.83. The van der Waals surface area contributed by atoms with Crippen molar-refractivity contribution < 1.29 is 9.53 Å². The quantitative estimate of drug-likeness (QED) is 0.778. The lowest BCUT2D eigenvalue weighted by atomic mass is 10.2. The second-order valence-electron chi connectivity index (χ2n) is 3.86. The standard InChI is InChI=1S/C13H15NO2/c1-14(11-6-7-12(15)8-11)10-4-3-5-13(9-10)16-2/h3-5,8-9H,6-7H2,1-2H3. The van der Waals surface area contributed by atoms with Crippen molar-refractivity contribution in [1.82, 2.24) is 0 Å². The molecule has 0 heterocycles. The molecule has 0 radical (unpaired) electrons. The van der Waals surface area contributed by atoms with E-state index in [2.05, 4.69) is 0 Å². The van der Waals surface area contributed by atoms with Gasteiger partial charge in [-0.1, -0.05) is 6.07 Å². The van der Waals surface area contributed by atoms with E-state index >= 15 is 0 Å². The Balaban J connectivity index is 2.23. The zero-order valence-corrected chi connectivity index (χ0v) is 9.56. The van der Waals surface area contributed by atoms with Gasteiger partial charge >= 0.3 is 0 Å². The lowest BCUT2D eigenvalue weighted by Crippen LogP contribution is -2.14. The first-order valence-electron chi connectivity index (χ1n) is 5.32. The van der Waals surface area contributed by atoms with Crippen LogP contribution in [-0.4, -0.2) is 19.9 Å². The maximum atomic E-state index is 11.2. The predicted molar refractivity (Wildman–Crippen MR) is 63.7 cm³/mol. The number of benzene rings is 1. The lowest BCUT2D eigenvalue weighted by Gasteiger charge is -2.20. The summed E-state index contributed by atoms with van der Waals surface area (Å²) in [6.07, 6.45) is 3.18. The van der Waals surface area contributed by atoms with Gasteiger partial charge in [-0.3, -0.25) is 4.79 Å². The Morgan fingerprint density at radius 3 is 2.75 bits per heavy atom. The number of methoxy groups -OCH3 is 1. The number of carbonyl (C=O) groups is 1. The molecule has 0 aliphatic heterocycles. The fraction of sp³-hybridized carbons (Fsp3) is 0.308. The maximum Gasteiger partial charge on any atom is 0.157 e. The van der Waals surface area contributed by atoms with Crippen LogP contribution in [0.4, 0.5) is 5.69 Å². The van der Waals surface area contributed by atoms with Gasteiger partial charge in [-0.2, -0.15) is 0 Å². The average molecular weight is 217 g/mol. The molecule has 1 aromatic rings. The van der Waals surface area contributed by atoms with Gasteiger partial charge in [0.05, 0.1) is 7.11 Å². The summed E-state index contributed by atoms with van der Waals surface area (Å²) in [7, 11) is 3.62. The van der Waals surface area contributed by atoms with E-state index in [1.807, 2.05) is 36.2 Å². The van der Waals surface area contributed by atoms with Gasteiger partial charge in [0.1, 0.15) is 5.75 Å². The summed E-state index contributed by atoms with van der Waals surface area (Å²) >= 11 is 0. The van der Waals surface area contributed by atoms with E-state index in [9.17, 15) is 4.79 Å². The minimum atomic E-state index is 0.213. The van der Waals surface area contributed by atoms with Crippen molar-refractivity contribution in [2.45, 2.75) is 12.8 Å². The van der Waals surface area contributed by atoms with E-state index in [1.54, 1.807) is 13.2 Å². The van der Waals surface area contributed by atoms with Gasteiger partial charge in [0.15, 0.2) is 5.78 Å². The third kappa shape index (κ3) is 2.08. The first kappa shape index (κ1) is 10.7. The van der Waals surface area contributed by atoms with Crippen LogP contribution in [0.1, 0.15) is 12.8 Å². The molecule has 0 N–H and O–H groups in total. The number of carbonyl (C=O) groups excluding carboxylic acids is 1. The summed E-state index contributed by atoms with van der Waals surface area (Å²) in [6.45, 7) is 0. The molecule has 0 atom stereocenters. The van der Waals surface area contributed by atoms with Gasteiger partial charge in [0, 0.05) is 37.0 Å². The molecule has 0 saturated carbocycles. The van der Waals surface area contributed by atoms with Crippen LogP contribution in [0.15, 0.2) is 36.0 Å². The van der Waals surface area contributed by atoms with Gasteiger partial charge < -0.3 is 9.64 Å². The van der Waals surface area contributed by atoms with Crippen molar-refractivity contribution in [2.24, 2.45) is 0 Å². The first-order valence-corrected chi connectivity index (χ1v) is 5.32. The van der Waals surface area contributed by atoms with E-state index in [0.29, 0.717) is 6.42 Å². The van der Waals surface area contributed by atoms with E-state index in [1.165, 1.54) is 0 Å². The number of nitrogens with zero attached hydrogens (tertiary/aromatic N) is 1. The summed E-state index contributed by atoms with van der Waals surface area (Å²) in [5.74, 6) is 1.04. The Morgan fingerprint density at radius 1 is 1.31 bits per heavy atom. The molecule has 0 saturated heterocycles. The highest BCUT2D eigenvalue weighted by atomic mass is 16.5. The van der Waals surface area contributed by atoms with E-state index in [4.69, 9.17) is 4.74 Å². The van der Waals surface area contributed by atoms with Gasteiger partial charge in [-0.05, 0) is 18.6 Å². The summed E-state index contributed by atoms with van der Waals surface area (Å²) in [4.78, 5) is 13.2. The Kier molecular flexibility index (Phi) is 2.95. The Bertz CT molecular complexity index is 437. The van der Waals surface area contributed by atoms with Crippen LogP contribution >= 0.6 is 0 Å². The van der Waals surface area contributed by atoms with Crippen LogP contribution in [0.5, 0.6) is 5.75 Å². The number of ketones is 1. The van der Waals surface area contributed by atoms with Crippen molar-refractivity contribution in [3.05, 3.63) is 36.0 Å². The summed E-state index contributed by atoms with van der Waals surface area (Å²) in [5.41, 5.74) is 2.11. The Labute approximate surface area is 95.3 Å². The van der Waals surface area contributed by atoms with Gasteiger partial charge in [0.2, 0.25) is 0 Å². The van der Waals surface area contributed by atoms with Crippen LogP contribution in [0.3, 0.4) is 0 Å². The van der Waals surface area contributed by atoms with Crippen molar-refractivity contribution in [1.29, 1.82) is 0 Å². The predicted octanol–water partition coefficient (Wildman–Crippen LogP) is 2.38. The molecule has 3 heteroatoms. The molecular weight excluding hydrogens is 202 g/mol. The zero-order chi connectivity index (χ0) is 11.5. The molecule has 2 rings (SSSR count). The minimum absolute atomic E-state index is 0.213. The smallest absolute Gasteiger partial charge is 0.157 e. The van der Waals surface area contributed by atoms with Crippen molar-refractivity contribution in [3.8, 4) is 5.75 Å². The highest BCUT2D eigenvalue weighted by Crippen LogP contribution is 2.26. The molecule has 1 aliphatic rings. The Morgan fingerprint density at radius 2 is 2.12 bits per heavy atom. The summed E-state index contributed by atoms with van der Waals surface area (Å²) in [5, 5.41) is 0. The topological polar surface area (TPSA) is 29.5 Å². The van der Waals surface area contributed by atoms with Crippen LogP contribution in [-0.2, 0) is 4.79 Å². The molecule has 0 bridgehead atoms. The largest absolute Gasteiger partial charge is 0.497 e. The van der Waals surface area contributed by atoms with Crippen molar-refractivity contribution >= 4 is 11.5 Å². The third-order valence-corrected chi connectivity index (χ3v) is 2.83. The second kappa shape index (κ2) is 4.39. The summed E-state index contributed by atoms with van der Waals surface area (Å²) in [6, 6.07) is 7.82. The second-order valence-corrected chi connectivity index (χ2v) is 3.86. The van der Waals surface area contributed by atoms with Gasteiger partial charge in [-0.25, -0.2) is 0 Å². The van der Waals surface area contributed by atoms with E-state index in [0.717, 1.165) is 23.6 Å². The molecule has 0 fully saturated rings. The van der Waals surface area contributed by atoms with Gasteiger partial charge in [-0.15, -0.1) is 0 Å². The van der Waals surface area contributed by atoms with Gasteiger partial charge in [0.25, 0.3) is 0 Å². The third-order valence-electron chi connectivity index (χ3n) is 2.83. The zero-order valence-electron chi connectivity index (χ0n) is 9.56. The van der Waals surface area contributed by atoms with Crippen molar-refractivity contribution in [2.75, 3.05) is 19.1 Å². The summed E-state index contributed by atoms with van der Waals surface area (Å²) < 4.78 is 5.18. The highest BCUT2D eigenvalue weighted by molar-refractivity contribution is 5.93. The van der Waals surface area contributed by atoms with Crippen molar-refractivity contribution in [3.63, 3.8) is 0 Å². The average Bonchev–Trinajstić information content (AvgIpc) is 2.75. The minimum Gasteiger partial charge on any atom is -0.497 e. The normalized spacial score (nSPS) is 14.9. The first-order chi connectivity index (χ1) is 7.70. The molecule has 0 unspecified atom stereocenters. The number of anilines is 1. The Hall–Kier alpha value is -1.77. The maximum absolute atomic E-state index is 11.2. The van der Waals surface area contributed by atoms with Crippen LogP contribution < -0.4 is 9.64 Å². The number of hydrogen-bond donors (Lipinski definition) is 0. The molecule has 0 aromatic heterocycles. The molecule has 1 aromatic carbocycles. The molecule has 84 valence electrons. The molecule has 1 aliphatic carbocycles. The van der Waals surface area contributed by atoms with Crippen LogP contribution in [0.25, 0.3) is 0 Å². The van der Waals surface area contributed by atoms with E-state index in [-0.39, 0.29) is 5.78 Å². The number of hydrogen-bond acceptors (Lipinski definition) is 3. The molecule has 0 amide bonds. The van der Waals surface area contributed by atoms with Crippen LogP contribution in [0, 0.1) is 0 Å². The number of ether oxygens (including phenoxy) is 1. The molecule has 16 heavy (non-hydrogen) atoms. The highest BCUT2D eigenvalue weighted by Gasteiger charge is 2.16.